The lowest BCUT2D eigenvalue weighted by atomic mass is 10.1. The van der Waals surface area contributed by atoms with Crippen LogP contribution in [0.3, 0.4) is 0 Å². The number of carbonyl (C=O) groups is 2. The monoisotopic (exact) mass is 310 g/mol. The molecule has 0 aliphatic carbocycles. The van der Waals surface area contributed by atoms with E-state index in [0.717, 1.165) is 11.4 Å². The fraction of sp³-hybridized carbons (Fsp3) is 0.235. The first-order chi connectivity index (χ1) is 11.1. The quantitative estimate of drug-likeness (QED) is 0.908. The summed E-state index contributed by atoms with van der Waals surface area (Å²) in [4.78, 5) is 29.8. The van der Waals surface area contributed by atoms with E-state index < -0.39 is 0 Å². The number of nitrogens with one attached hydrogen (secondary N) is 2. The SMILES string of the molecule is CC(NC(=O)c1ccc(N2CCNC2=O)cc1)c1ccccn1. The van der Waals surface area contributed by atoms with Crippen LogP contribution in [0, 0.1) is 0 Å². The van der Waals surface area contributed by atoms with E-state index >= 15 is 0 Å². The molecule has 6 heteroatoms. The molecule has 6 nitrogen and oxygen atoms in total. The van der Waals surface area contributed by atoms with Crippen molar-refractivity contribution in [3.63, 3.8) is 0 Å². The van der Waals surface area contributed by atoms with Gasteiger partial charge in [0.1, 0.15) is 0 Å². The number of amides is 3. The lowest BCUT2D eigenvalue weighted by molar-refractivity contribution is 0.0939. The standard InChI is InChI=1S/C17H18N4O2/c1-12(15-4-2-3-9-18-15)20-16(22)13-5-7-14(8-6-13)21-11-10-19-17(21)23/h2-9,12H,10-11H2,1H3,(H,19,23)(H,20,22). The number of rotatable bonds is 4. The Kier molecular flexibility index (Phi) is 4.23. The minimum absolute atomic E-state index is 0.106. The second-order valence-electron chi connectivity index (χ2n) is 5.38. The van der Waals surface area contributed by atoms with Crippen molar-refractivity contribution in [1.82, 2.24) is 15.6 Å². The molecule has 1 unspecified atom stereocenters. The average molecular weight is 310 g/mol. The lowest BCUT2D eigenvalue weighted by Crippen LogP contribution is -2.28. The molecule has 1 fully saturated rings. The number of carbonyl (C=O) groups excluding carboxylic acids is 2. The summed E-state index contributed by atoms with van der Waals surface area (Å²) in [6, 6.07) is 12.3. The Morgan fingerprint density at radius 3 is 2.65 bits per heavy atom. The van der Waals surface area contributed by atoms with Gasteiger partial charge >= 0.3 is 6.03 Å². The third kappa shape index (κ3) is 3.31. The van der Waals surface area contributed by atoms with Gasteiger partial charge in [-0.1, -0.05) is 6.07 Å². The molecule has 0 radical (unpaired) electrons. The molecule has 1 aliphatic heterocycles. The third-order valence-electron chi connectivity index (χ3n) is 3.78. The predicted octanol–water partition coefficient (Wildman–Crippen LogP) is 2.10. The van der Waals surface area contributed by atoms with Gasteiger partial charge in [-0.2, -0.15) is 0 Å². The van der Waals surface area contributed by atoms with Crippen LogP contribution in [0.2, 0.25) is 0 Å². The third-order valence-corrected chi connectivity index (χ3v) is 3.78. The molecule has 23 heavy (non-hydrogen) atoms. The predicted molar refractivity (Wildman–Crippen MR) is 87.3 cm³/mol. The highest BCUT2D eigenvalue weighted by Crippen LogP contribution is 2.18. The maximum Gasteiger partial charge on any atom is 0.321 e. The summed E-state index contributed by atoms with van der Waals surface area (Å²) in [5, 5.41) is 5.67. The first-order valence-electron chi connectivity index (χ1n) is 7.52. The van der Waals surface area contributed by atoms with Crippen LogP contribution in [0.25, 0.3) is 0 Å². The van der Waals surface area contributed by atoms with Crippen LogP contribution in [0.1, 0.15) is 29.0 Å². The first-order valence-corrected chi connectivity index (χ1v) is 7.52. The maximum absolute atomic E-state index is 12.3. The fourth-order valence-corrected chi connectivity index (χ4v) is 2.50. The number of hydrogen-bond acceptors (Lipinski definition) is 3. The van der Waals surface area contributed by atoms with Gasteiger partial charge in [0, 0.05) is 30.5 Å². The Labute approximate surface area is 134 Å². The summed E-state index contributed by atoms with van der Waals surface area (Å²) in [6.07, 6.45) is 1.70. The zero-order valence-corrected chi connectivity index (χ0v) is 12.8. The van der Waals surface area contributed by atoms with Gasteiger partial charge in [0.15, 0.2) is 0 Å². The van der Waals surface area contributed by atoms with Crippen molar-refractivity contribution in [3.05, 3.63) is 59.9 Å². The summed E-state index contributed by atoms with van der Waals surface area (Å²) >= 11 is 0. The molecular weight excluding hydrogens is 292 g/mol. The normalized spacial score (nSPS) is 15.2. The van der Waals surface area contributed by atoms with Crippen molar-refractivity contribution in [2.75, 3.05) is 18.0 Å². The van der Waals surface area contributed by atoms with Crippen LogP contribution >= 0.6 is 0 Å². The fourth-order valence-electron chi connectivity index (χ4n) is 2.50. The topological polar surface area (TPSA) is 74.3 Å². The van der Waals surface area contributed by atoms with E-state index in [0.29, 0.717) is 18.7 Å². The maximum atomic E-state index is 12.3. The van der Waals surface area contributed by atoms with Gasteiger partial charge in [-0.05, 0) is 43.3 Å². The molecular formula is C17H18N4O2. The van der Waals surface area contributed by atoms with Crippen LogP contribution in [0.15, 0.2) is 48.7 Å². The highest BCUT2D eigenvalue weighted by atomic mass is 16.2. The van der Waals surface area contributed by atoms with Gasteiger partial charge in [0.25, 0.3) is 5.91 Å². The Balaban J connectivity index is 1.67. The molecule has 3 amide bonds. The smallest absolute Gasteiger partial charge is 0.321 e. The van der Waals surface area contributed by atoms with Crippen LogP contribution in [-0.2, 0) is 0 Å². The molecule has 1 aliphatic rings. The zero-order chi connectivity index (χ0) is 16.2. The summed E-state index contributed by atoms with van der Waals surface area (Å²) in [6.45, 7) is 3.17. The molecule has 1 atom stereocenters. The highest BCUT2D eigenvalue weighted by molar-refractivity contribution is 5.97. The van der Waals surface area contributed by atoms with Crippen LogP contribution < -0.4 is 15.5 Å². The Hall–Kier alpha value is -2.89. The van der Waals surface area contributed by atoms with Gasteiger partial charge in [-0.3, -0.25) is 14.7 Å². The van der Waals surface area contributed by atoms with Gasteiger partial charge in [-0.25, -0.2) is 4.79 Å². The van der Waals surface area contributed by atoms with Crippen molar-refractivity contribution in [2.24, 2.45) is 0 Å². The average Bonchev–Trinajstić information content (AvgIpc) is 3.02. The number of benzene rings is 1. The number of pyridine rings is 1. The van der Waals surface area contributed by atoms with Crippen molar-refractivity contribution >= 4 is 17.6 Å². The molecule has 118 valence electrons. The van der Waals surface area contributed by atoms with Crippen molar-refractivity contribution in [1.29, 1.82) is 0 Å². The lowest BCUT2D eigenvalue weighted by Gasteiger charge is -2.16. The van der Waals surface area contributed by atoms with Gasteiger partial charge in [-0.15, -0.1) is 0 Å². The molecule has 1 saturated heterocycles. The van der Waals surface area contributed by atoms with Crippen LogP contribution in [0.5, 0.6) is 0 Å². The van der Waals surface area contributed by atoms with Gasteiger partial charge < -0.3 is 10.6 Å². The van der Waals surface area contributed by atoms with E-state index in [4.69, 9.17) is 0 Å². The number of hydrogen-bond donors (Lipinski definition) is 2. The van der Waals surface area contributed by atoms with Crippen molar-refractivity contribution < 1.29 is 9.59 Å². The van der Waals surface area contributed by atoms with Gasteiger partial charge in [0.2, 0.25) is 0 Å². The number of anilines is 1. The second kappa shape index (κ2) is 6.48. The summed E-state index contributed by atoms with van der Waals surface area (Å²) < 4.78 is 0. The zero-order valence-electron chi connectivity index (χ0n) is 12.8. The van der Waals surface area contributed by atoms with Crippen LogP contribution in [0.4, 0.5) is 10.5 Å². The summed E-state index contributed by atoms with van der Waals surface area (Å²) in [7, 11) is 0. The van der Waals surface area contributed by atoms with E-state index in [2.05, 4.69) is 15.6 Å². The summed E-state index contributed by atoms with van der Waals surface area (Å²) in [5.74, 6) is -0.166. The van der Waals surface area contributed by atoms with Crippen molar-refractivity contribution in [2.45, 2.75) is 13.0 Å². The molecule has 1 aromatic heterocycles. The Morgan fingerprint density at radius 2 is 2.04 bits per heavy atom. The van der Waals surface area contributed by atoms with E-state index in [-0.39, 0.29) is 18.0 Å². The van der Waals surface area contributed by atoms with Crippen LogP contribution in [-0.4, -0.2) is 30.0 Å². The first kappa shape index (κ1) is 15.0. The molecule has 2 heterocycles. The van der Waals surface area contributed by atoms with Gasteiger partial charge in [0.05, 0.1) is 11.7 Å². The van der Waals surface area contributed by atoms with Crippen molar-refractivity contribution in [3.8, 4) is 0 Å². The van der Waals surface area contributed by atoms with E-state index in [1.807, 2.05) is 25.1 Å². The highest BCUT2D eigenvalue weighted by Gasteiger charge is 2.21. The largest absolute Gasteiger partial charge is 0.344 e. The second-order valence-corrected chi connectivity index (χ2v) is 5.38. The van der Waals surface area contributed by atoms with E-state index in [1.165, 1.54) is 0 Å². The number of aromatic nitrogens is 1. The minimum Gasteiger partial charge on any atom is -0.344 e. The molecule has 3 rings (SSSR count). The Morgan fingerprint density at radius 1 is 1.26 bits per heavy atom. The number of nitrogens with zero attached hydrogens (tertiary/aromatic N) is 2. The molecule has 0 spiro atoms. The molecule has 2 N–H and O–H groups in total. The molecule has 1 aromatic carbocycles. The number of urea groups is 1. The van der Waals surface area contributed by atoms with E-state index in [1.54, 1.807) is 35.4 Å². The molecule has 2 aromatic rings. The summed E-state index contributed by atoms with van der Waals surface area (Å²) in [5.41, 5.74) is 2.15. The Bertz CT molecular complexity index is 700. The minimum atomic E-state index is -0.173. The molecule has 0 saturated carbocycles. The van der Waals surface area contributed by atoms with E-state index in [9.17, 15) is 9.59 Å². The molecule has 0 bridgehead atoms.